The van der Waals surface area contributed by atoms with Crippen LogP contribution in [0.4, 0.5) is 5.00 Å². The van der Waals surface area contributed by atoms with Gasteiger partial charge in [-0.25, -0.2) is 4.79 Å². The molecule has 0 radical (unpaired) electrons. The van der Waals surface area contributed by atoms with Crippen molar-refractivity contribution >= 4 is 51.3 Å². The average Bonchev–Trinajstić information content (AvgIpc) is 3.22. The number of anilines is 1. The smallest absolute Gasteiger partial charge is 0.341 e. The van der Waals surface area contributed by atoms with E-state index in [0.29, 0.717) is 23.1 Å². The summed E-state index contributed by atoms with van der Waals surface area (Å²) in [5.41, 5.74) is 1.61. The fourth-order valence-electron chi connectivity index (χ4n) is 3.14. The zero-order chi connectivity index (χ0) is 19.4. The normalized spacial score (nSPS) is 16.0. The van der Waals surface area contributed by atoms with E-state index in [-0.39, 0.29) is 17.6 Å². The summed E-state index contributed by atoms with van der Waals surface area (Å²) in [5.74, 6) is 0.388. The highest BCUT2D eigenvalue weighted by Crippen LogP contribution is 2.41. The van der Waals surface area contributed by atoms with Crippen LogP contribution < -0.4 is 5.32 Å². The van der Waals surface area contributed by atoms with Gasteiger partial charge in [0.1, 0.15) is 10.0 Å². The molecule has 1 atom stereocenters. The number of hydrogen-bond acceptors (Lipinski definition) is 8. The van der Waals surface area contributed by atoms with Crippen molar-refractivity contribution in [2.24, 2.45) is 5.92 Å². The third-order valence-electron chi connectivity index (χ3n) is 4.51. The molecule has 1 amide bonds. The number of fused-ring (bicyclic) bond motifs is 1. The van der Waals surface area contributed by atoms with Crippen LogP contribution in [-0.4, -0.2) is 34.4 Å². The molecule has 6 nitrogen and oxygen atoms in total. The van der Waals surface area contributed by atoms with Crippen molar-refractivity contribution in [3.63, 3.8) is 0 Å². The molecule has 0 aliphatic heterocycles. The minimum Gasteiger partial charge on any atom is -0.462 e. The summed E-state index contributed by atoms with van der Waals surface area (Å²) in [4.78, 5) is 26.2. The number of carbonyl (C=O) groups excluding carboxylic acids is 2. The van der Waals surface area contributed by atoms with Crippen LogP contribution in [0.2, 0.25) is 0 Å². The lowest BCUT2D eigenvalue weighted by molar-refractivity contribution is -0.113. The molecule has 2 heterocycles. The molecule has 1 aliphatic carbocycles. The van der Waals surface area contributed by atoms with Gasteiger partial charge < -0.3 is 10.1 Å². The van der Waals surface area contributed by atoms with Crippen LogP contribution in [0, 0.1) is 12.8 Å². The molecular weight excluding hydrogens is 402 g/mol. The quantitative estimate of drug-likeness (QED) is 0.525. The number of thioether (sulfide) groups is 1. The summed E-state index contributed by atoms with van der Waals surface area (Å²) in [7, 11) is 0. The van der Waals surface area contributed by atoms with Gasteiger partial charge in [-0.3, -0.25) is 4.79 Å². The van der Waals surface area contributed by atoms with E-state index in [0.717, 1.165) is 40.6 Å². The fraction of sp³-hybridized carbons (Fsp3) is 0.556. The predicted octanol–water partition coefficient (Wildman–Crippen LogP) is 4.33. The molecule has 2 aromatic rings. The van der Waals surface area contributed by atoms with E-state index in [1.165, 1.54) is 39.3 Å². The van der Waals surface area contributed by atoms with Crippen molar-refractivity contribution in [2.45, 2.75) is 50.8 Å². The van der Waals surface area contributed by atoms with E-state index < -0.39 is 0 Å². The molecule has 2 aromatic heterocycles. The van der Waals surface area contributed by atoms with Gasteiger partial charge in [-0.15, -0.1) is 21.5 Å². The minimum absolute atomic E-state index is 0.149. The Hall–Kier alpha value is -1.45. The number of esters is 1. The number of amides is 1. The summed E-state index contributed by atoms with van der Waals surface area (Å²) < 4.78 is 6.02. The Bertz CT molecular complexity index is 831. The molecule has 1 aliphatic rings. The number of thiophene rings is 1. The SMILES string of the molecule is CCOC(=O)c1c(NC(=O)CSc2nnc(C)s2)sc2c1CC[C@H](CC)C2. The number of aromatic nitrogens is 2. The average molecular weight is 426 g/mol. The number of rotatable bonds is 7. The van der Waals surface area contributed by atoms with E-state index in [1.807, 2.05) is 6.92 Å². The number of aryl methyl sites for hydroxylation is 1. The van der Waals surface area contributed by atoms with Crippen LogP contribution in [0.15, 0.2) is 4.34 Å². The molecule has 0 saturated heterocycles. The highest BCUT2D eigenvalue weighted by Gasteiger charge is 2.29. The highest BCUT2D eigenvalue weighted by molar-refractivity contribution is 8.01. The zero-order valence-corrected chi connectivity index (χ0v) is 18.1. The topological polar surface area (TPSA) is 81.2 Å². The Morgan fingerprint density at radius 2 is 2.11 bits per heavy atom. The number of nitrogens with one attached hydrogen (secondary N) is 1. The van der Waals surface area contributed by atoms with Crippen LogP contribution in [0.25, 0.3) is 0 Å². The second-order valence-electron chi connectivity index (χ2n) is 6.37. The Morgan fingerprint density at radius 1 is 1.30 bits per heavy atom. The van der Waals surface area contributed by atoms with Gasteiger partial charge in [-0.1, -0.05) is 36.4 Å². The largest absolute Gasteiger partial charge is 0.462 e. The standard InChI is InChI=1S/C18H23N3O3S3/c1-4-11-6-7-12-13(8-11)27-16(15(12)17(23)24-5-2)19-14(22)9-25-18-21-20-10(3)26-18/h11H,4-9H2,1-3H3,(H,19,22)/t11-/m0/s1. The zero-order valence-electron chi connectivity index (χ0n) is 15.7. The van der Waals surface area contributed by atoms with E-state index in [1.54, 1.807) is 6.92 Å². The van der Waals surface area contributed by atoms with Crippen molar-refractivity contribution in [2.75, 3.05) is 17.7 Å². The molecule has 0 bridgehead atoms. The van der Waals surface area contributed by atoms with Crippen LogP contribution in [0.3, 0.4) is 0 Å². The first-order valence-electron chi connectivity index (χ1n) is 9.06. The summed E-state index contributed by atoms with van der Waals surface area (Å²) in [6.07, 6.45) is 4.04. The Labute approximate surface area is 171 Å². The number of carbonyl (C=O) groups is 2. The lowest BCUT2D eigenvalue weighted by Crippen LogP contribution is -2.18. The molecule has 146 valence electrons. The molecule has 0 spiro atoms. The second-order valence-corrected chi connectivity index (χ2v) is 9.88. The van der Waals surface area contributed by atoms with E-state index >= 15 is 0 Å². The molecule has 1 N–H and O–H groups in total. The van der Waals surface area contributed by atoms with Crippen LogP contribution in [0.1, 0.15) is 52.5 Å². The second kappa shape index (κ2) is 9.16. The van der Waals surface area contributed by atoms with Crippen molar-refractivity contribution in [3.05, 3.63) is 21.0 Å². The molecule has 0 fully saturated rings. The number of hydrogen-bond donors (Lipinski definition) is 1. The van der Waals surface area contributed by atoms with Crippen molar-refractivity contribution in [1.82, 2.24) is 10.2 Å². The van der Waals surface area contributed by atoms with Gasteiger partial charge in [-0.2, -0.15) is 0 Å². The summed E-state index contributed by atoms with van der Waals surface area (Å²) in [6.45, 7) is 6.20. The maximum atomic E-state index is 12.5. The van der Waals surface area contributed by atoms with Crippen LogP contribution >= 0.6 is 34.4 Å². The van der Waals surface area contributed by atoms with Gasteiger partial charge in [-0.05, 0) is 44.6 Å². The first-order chi connectivity index (χ1) is 13.0. The Balaban J connectivity index is 1.75. The maximum absolute atomic E-state index is 12.5. The molecular formula is C18H23N3O3S3. The summed E-state index contributed by atoms with van der Waals surface area (Å²) in [6, 6.07) is 0. The van der Waals surface area contributed by atoms with E-state index in [4.69, 9.17) is 4.74 Å². The van der Waals surface area contributed by atoms with Gasteiger partial charge in [0.25, 0.3) is 0 Å². The third kappa shape index (κ3) is 4.89. The Morgan fingerprint density at radius 3 is 2.78 bits per heavy atom. The third-order valence-corrected chi connectivity index (χ3v) is 7.65. The summed E-state index contributed by atoms with van der Waals surface area (Å²) in [5, 5.41) is 12.4. The first kappa shape index (κ1) is 20.3. The number of ether oxygens (including phenoxy) is 1. The molecule has 3 rings (SSSR count). The van der Waals surface area contributed by atoms with Gasteiger partial charge >= 0.3 is 5.97 Å². The fourth-order valence-corrected chi connectivity index (χ4v) is 6.12. The van der Waals surface area contributed by atoms with Gasteiger partial charge in [0.2, 0.25) is 5.91 Å². The van der Waals surface area contributed by atoms with Gasteiger partial charge in [0.15, 0.2) is 4.34 Å². The molecule has 0 unspecified atom stereocenters. The van der Waals surface area contributed by atoms with Gasteiger partial charge in [0, 0.05) is 4.88 Å². The highest BCUT2D eigenvalue weighted by atomic mass is 32.2. The van der Waals surface area contributed by atoms with Crippen LogP contribution in [-0.2, 0) is 22.4 Å². The lowest BCUT2D eigenvalue weighted by Gasteiger charge is -2.20. The molecule has 27 heavy (non-hydrogen) atoms. The monoisotopic (exact) mass is 425 g/mol. The maximum Gasteiger partial charge on any atom is 0.341 e. The van der Waals surface area contributed by atoms with Crippen molar-refractivity contribution in [1.29, 1.82) is 0 Å². The van der Waals surface area contributed by atoms with Crippen LogP contribution in [0.5, 0.6) is 0 Å². The van der Waals surface area contributed by atoms with E-state index in [2.05, 4.69) is 22.4 Å². The predicted molar refractivity (Wildman–Crippen MR) is 110 cm³/mol. The molecule has 0 saturated carbocycles. The summed E-state index contributed by atoms with van der Waals surface area (Å²) >= 11 is 4.34. The van der Waals surface area contributed by atoms with Gasteiger partial charge in [0.05, 0.1) is 17.9 Å². The first-order valence-corrected chi connectivity index (χ1v) is 11.7. The lowest BCUT2D eigenvalue weighted by atomic mass is 9.85. The van der Waals surface area contributed by atoms with Crippen molar-refractivity contribution in [3.8, 4) is 0 Å². The Kier molecular flexibility index (Phi) is 6.88. The molecule has 0 aromatic carbocycles. The number of nitrogens with zero attached hydrogens (tertiary/aromatic N) is 2. The van der Waals surface area contributed by atoms with E-state index in [9.17, 15) is 9.59 Å². The van der Waals surface area contributed by atoms with Crippen molar-refractivity contribution < 1.29 is 14.3 Å². The minimum atomic E-state index is -0.340. The molecule has 9 heteroatoms.